The van der Waals surface area contributed by atoms with Crippen LogP contribution in [0.25, 0.3) is 11.0 Å². The first-order valence-corrected chi connectivity index (χ1v) is 12.6. The Kier molecular flexibility index (Phi) is 6.12. The van der Waals surface area contributed by atoms with Crippen LogP contribution in [0.1, 0.15) is 58.9 Å². The van der Waals surface area contributed by atoms with Crippen LogP contribution in [-0.2, 0) is 10.0 Å². The summed E-state index contributed by atoms with van der Waals surface area (Å²) in [4.78, 5) is 22.1. The quantitative estimate of drug-likeness (QED) is 0.702. The maximum atomic E-state index is 12.7. The van der Waals surface area contributed by atoms with Crippen LogP contribution in [0.3, 0.4) is 0 Å². The summed E-state index contributed by atoms with van der Waals surface area (Å²) in [5.74, 6) is 0.403. The topological polar surface area (TPSA) is 117 Å². The lowest BCUT2D eigenvalue weighted by molar-refractivity contribution is 0.0267. The second kappa shape index (κ2) is 8.57. The van der Waals surface area contributed by atoms with Crippen LogP contribution in [0.4, 0.5) is 5.95 Å². The molecule has 1 saturated heterocycles. The lowest BCUT2D eigenvalue weighted by atomic mass is 10.00. The molecule has 2 N–H and O–H groups in total. The SMILES string of the molecule is C/C=C(\C)S(=O)(=O)N1CCC(Nc2ncc3ccc(=O)n([C@@H]4CCC[C@@]4(C)O)c3n2)CC1. The molecule has 10 heteroatoms. The Morgan fingerprint density at radius 2 is 2.00 bits per heavy atom. The number of aliphatic hydroxyl groups is 1. The van der Waals surface area contributed by atoms with Crippen molar-refractivity contribution in [2.75, 3.05) is 18.4 Å². The molecule has 1 saturated carbocycles. The van der Waals surface area contributed by atoms with Gasteiger partial charge in [-0.2, -0.15) is 9.29 Å². The van der Waals surface area contributed by atoms with Gasteiger partial charge < -0.3 is 10.4 Å². The highest BCUT2D eigenvalue weighted by Gasteiger charge is 2.39. The fourth-order valence-electron chi connectivity index (χ4n) is 4.72. The zero-order valence-corrected chi connectivity index (χ0v) is 19.6. The standard InChI is InChI=1S/C22H31N5O4S/c1-4-15(2)32(30,31)26-12-9-17(10-13-26)24-21-23-14-16-7-8-19(28)27(20(16)25-21)18-6-5-11-22(18,3)29/h4,7-8,14,17-18,29H,5-6,9-13H2,1-3H3,(H,23,24,25)/b15-4+/t18-,22-/m1/s1. The first kappa shape index (κ1) is 22.9. The third-order valence-corrected chi connectivity index (χ3v) is 8.89. The minimum absolute atomic E-state index is 0.0308. The summed E-state index contributed by atoms with van der Waals surface area (Å²) in [6.45, 7) is 5.96. The first-order chi connectivity index (χ1) is 15.1. The molecule has 2 fully saturated rings. The van der Waals surface area contributed by atoms with Crippen molar-refractivity contribution >= 4 is 27.0 Å². The van der Waals surface area contributed by atoms with E-state index >= 15 is 0 Å². The van der Waals surface area contributed by atoms with Crippen molar-refractivity contribution in [1.29, 1.82) is 0 Å². The number of anilines is 1. The molecule has 1 aliphatic heterocycles. The number of pyridine rings is 1. The number of fused-ring (bicyclic) bond motifs is 1. The van der Waals surface area contributed by atoms with E-state index < -0.39 is 15.6 Å². The molecule has 174 valence electrons. The third-order valence-electron chi connectivity index (χ3n) is 6.80. The maximum absolute atomic E-state index is 12.7. The van der Waals surface area contributed by atoms with Gasteiger partial charge in [-0.05, 0) is 58.9 Å². The third kappa shape index (κ3) is 4.18. The van der Waals surface area contributed by atoms with Gasteiger partial charge >= 0.3 is 0 Å². The predicted molar refractivity (Wildman–Crippen MR) is 124 cm³/mol. The largest absolute Gasteiger partial charge is 0.388 e. The van der Waals surface area contributed by atoms with Crippen molar-refractivity contribution in [3.05, 3.63) is 39.7 Å². The Bertz CT molecular complexity index is 1200. The number of piperidine rings is 1. The number of aromatic nitrogens is 3. The van der Waals surface area contributed by atoms with Gasteiger partial charge in [-0.25, -0.2) is 13.4 Å². The summed E-state index contributed by atoms with van der Waals surface area (Å²) in [6.07, 6.45) is 6.78. The zero-order chi connectivity index (χ0) is 23.1. The van der Waals surface area contributed by atoms with Gasteiger partial charge in [-0.3, -0.25) is 9.36 Å². The maximum Gasteiger partial charge on any atom is 0.252 e. The van der Waals surface area contributed by atoms with E-state index in [9.17, 15) is 18.3 Å². The number of allylic oxidation sites excluding steroid dienone is 2. The first-order valence-electron chi connectivity index (χ1n) is 11.1. The number of nitrogens with zero attached hydrogens (tertiary/aromatic N) is 4. The molecule has 0 spiro atoms. The normalized spacial score (nSPS) is 26.0. The van der Waals surface area contributed by atoms with Crippen LogP contribution in [0.15, 0.2) is 34.1 Å². The van der Waals surface area contributed by atoms with Crippen LogP contribution in [0, 0.1) is 0 Å². The molecule has 0 unspecified atom stereocenters. The van der Waals surface area contributed by atoms with Crippen LogP contribution in [-0.4, -0.2) is 57.1 Å². The van der Waals surface area contributed by atoms with Gasteiger partial charge in [0.05, 0.1) is 16.5 Å². The fraction of sp³-hybridized carbons (Fsp3) is 0.591. The van der Waals surface area contributed by atoms with E-state index in [1.165, 1.54) is 10.4 Å². The molecule has 1 aliphatic carbocycles. The summed E-state index contributed by atoms with van der Waals surface area (Å²) in [7, 11) is -3.39. The van der Waals surface area contributed by atoms with E-state index in [2.05, 4.69) is 15.3 Å². The minimum Gasteiger partial charge on any atom is -0.388 e. The molecular formula is C22H31N5O4S. The predicted octanol–water partition coefficient (Wildman–Crippen LogP) is 2.40. The highest BCUT2D eigenvalue weighted by Crippen LogP contribution is 2.39. The van der Waals surface area contributed by atoms with Crippen LogP contribution in [0.2, 0.25) is 0 Å². The van der Waals surface area contributed by atoms with Crippen molar-refractivity contribution < 1.29 is 13.5 Å². The highest BCUT2D eigenvalue weighted by molar-refractivity contribution is 7.93. The van der Waals surface area contributed by atoms with E-state index in [-0.39, 0.29) is 17.6 Å². The lowest BCUT2D eigenvalue weighted by Gasteiger charge is -2.32. The summed E-state index contributed by atoms with van der Waals surface area (Å²) in [6, 6.07) is 2.90. The van der Waals surface area contributed by atoms with Crippen molar-refractivity contribution in [3.8, 4) is 0 Å². The Labute approximate surface area is 188 Å². The molecule has 3 heterocycles. The van der Waals surface area contributed by atoms with E-state index in [0.29, 0.717) is 48.9 Å². The summed E-state index contributed by atoms with van der Waals surface area (Å²) < 4.78 is 28.2. The average molecular weight is 462 g/mol. The molecule has 0 radical (unpaired) electrons. The molecular weight excluding hydrogens is 430 g/mol. The molecule has 0 bridgehead atoms. The molecule has 9 nitrogen and oxygen atoms in total. The number of rotatable bonds is 5. The number of hydrogen-bond acceptors (Lipinski definition) is 7. The Balaban J connectivity index is 1.56. The summed E-state index contributed by atoms with van der Waals surface area (Å²) >= 11 is 0. The molecule has 2 aliphatic rings. The summed E-state index contributed by atoms with van der Waals surface area (Å²) in [5, 5.41) is 14.8. The van der Waals surface area contributed by atoms with Gasteiger partial charge in [0.15, 0.2) is 0 Å². The van der Waals surface area contributed by atoms with Crippen molar-refractivity contribution in [2.24, 2.45) is 0 Å². The monoisotopic (exact) mass is 461 g/mol. The number of nitrogens with one attached hydrogen (secondary N) is 1. The van der Waals surface area contributed by atoms with Gasteiger partial charge in [0, 0.05) is 36.8 Å². The molecule has 32 heavy (non-hydrogen) atoms. The lowest BCUT2D eigenvalue weighted by Crippen LogP contribution is -2.42. The van der Waals surface area contributed by atoms with Gasteiger partial charge in [0.25, 0.3) is 5.56 Å². The van der Waals surface area contributed by atoms with Crippen LogP contribution < -0.4 is 10.9 Å². The van der Waals surface area contributed by atoms with E-state index in [4.69, 9.17) is 0 Å². The van der Waals surface area contributed by atoms with Gasteiger partial charge in [0.2, 0.25) is 16.0 Å². The number of hydrogen-bond donors (Lipinski definition) is 2. The van der Waals surface area contributed by atoms with E-state index in [1.807, 2.05) is 0 Å². The Morgan fingerprint density at radius 3 is 2.62 bits per heavy atom. The fourth-order valence-corrected chi connectivity index (χ4v) is 6.12. The Hall–Kier alpha value is -2.30. The molecule has 2 atom stereocenters. The minimum atomic E-state index is -3.39. The molecule has 4 rings (SSSR count). The highest BCUT2D eigenvalue weighted by atomic mass is 32.2. The number of sulfonamides is 1. The molecule has 2 aromatic heterocycles. The average Bonchev–Trinajstić information content (AvgIpc) is 3.11. The second-order valence-corrected chi connectivity index (χ2v) is 11.1. The van der Waals surface area contributed by atoms with Crippen LogP contribution in [0.5, 0.6) is 0 Å². The smallest absolute Gasteiger partial charge is 0.252 e. The van der Waals surface area contributed by atoms with Gasteiger partial charge in [-0.15, -0.1) is 0 Å². The molecule has 2 aromatic rings. The zero-order valence-electron chi connectivity index (χ0n) is 18.8. The summed E-state index contributed by atoms with van der Waals surface area (Å²) in [5.41, 5.74) is -0.641. The van der Waals surface area contributed by atoms with Crippen molar-refractivity contribution in [1.82, 2.24) is 18.8 Å². The second-order valence-electron chi connectivity index (χ2n) is 9.00. The van der Waals surface area contributed by atoms with E-state index in [1.54, 1.807) is 43.7 Å². The Morgan fingerprint density at radius 1 is 1.28 bits per heavy atom. The molecule has 0 amide bonds. The van der Waals surface area contributed by atoms with Gasteiger partial charge in [0.1, 0.15) is 5.65 Å². The van der Waals surface area contributed by atoms with Crippen molar-refractivity contribution in [3.63, 3.8) is 0 Å². The molecule has 0 aromatic carbocycles. The van der Waals surface area contributed by atoms with Gasteiger partial charge in [-0.1, -0.05) is 6.08 Å². The van der Waals surface area contributed by atoms with Crippen molar-refractivity contribution in [2.45, 2.75) is 70.6 Å². The van der Waals surface area contributed by atoms with E-state index in [0.717, 1.165) is 18.2 Å². The van der Waals surface area contributed by atoms with Crippen LogP contribution >= 0.6 is 0 Å².